The molecule has 1 aliphatic rings. The van der Waals surface area contributed by atoms with Gasteiger partial charge in [0, 0.05) is 29.1 Å². The molecular formula is C21H25N3O2S. The number of anilines is 2. The minimum atomic E-state index is -0.199. The number of unbranched alkanes of at least 4 members (excludes halogenated alkanes) is 3. The number of carbonyl (C=O) groups is 2. The van der Waals surface area contributed by atoms with E-state index in [1.54, 1.807) is 23.7 Å². The van der Waals surface area contributed by atoms with Crippen molar-refractivity contribution in [1.29, 1.82) is 0 Å². The van der Waals surface area contributed by atoms with Gasteiger partial charge in [-0.2, -0.15) is 0 Å². The van der Waals surface area contributed by atoms with Gasteiger partial charge in [-0.3, -0.25) is 4.79 Å². The lowest BCUT2D eigenvalue weighted by Gasteiger charge is -2.18. The largest absolute Gasteiger partial charge is 0.338 e. The summed E-state index contributed by atoms with van der Waals surface area (Å²) in [4.78, 5) is 28.3. The van der Waals surface area contributed by atoms with E-state index in [0.717, 1.165) is 28.3 Å². The average Bonchev–Trinajstić information content (AvgIpc) is 2.77. The Morgan fingerprint density at radius 1 is 1.07 bits per heavy atom. The standard InChI is InChI=1S/C21H25N3O2S/c1-3-4-5-8-13-22-21(26)23-15-11-12-17-19(14-15)27-18-10-7-6-9-16(18)20(25)24(17)2/h6-7,9-12,14H,3-5,8,13H2,1-2H3,(H2,22,23,26). The summed E-state index contributed by atoms with van der Waals surface area (Å²) >= 11 is 1.54. The topological polar surface area (TPSA) is 61.4 Å². The highest BCUT2D eigenvalue weighted by atomic mass is 32.2. The van der Waals surface area contributed by atoms with Crippen LogP contribution in [-0.2, 0) is 0 Å². The van der Waals surface area contributed by atoms with E-state index in [4.69, 9.17) is 0 Å². The van der Waals surface area contributed by atoms with Crippen LogP contribution in [0.2, 0.25) is 0 Å². The second-order valence-corrected chi connectivity index (χ2v) is 7.67. The summed E-state index contributed by atoms with van der Waals surface area (Å²) in [6.45, 7) is 2.84. The average molecular weight is 384 g/mol. The highest BCUT2D eigenvalue weighted by Gasteiger charge is 2.24. The predicted molar refractivity (Wildman–Crippen MR) is 111 cm³/mol. The third-order valence-electron chi connectivity index (χ3n) is 4.54. The predicted octanol–water partition coefficient (Wildman–Crippen LogP) is 5.13. The Labute approximate surface area is 164 Å². The van der Waals surface area contributed by atoms with Crippen molar-refractivity contribution in [1.82, 2.24) is 5.32 Å². The molecule has 0 radical (unpaired) electrons. The zero-order valence-corrected chi connectivity index (χ0v) is 16.6. The van der Waals surface area contributed by atoms with Crippen LogP contribution in [-0.4, -0.2) is 25.5 Å². The molecule has 1 heterocycles. The first-order chi connectivity index (χ1) is 13.1. The van der Waals surface area contributed by atoms with Gasteiger partial charge >= 0.3 is 6.03 Å². The number of benzene rings is 2. The highest BCUT2D eigenvalue weighted by Crippen LogP contribution is 2.41. The normalized spacial score (nSPS) is 12.8. The van der Waals surface area contributed by atoms with Gasteiger partial charge in [-0.15, -0.1) is 0 Å². The SMILES string of the molecule is CCCCCCNC(=O)Nc1ccc2c(c1)Sc1ccccc1C(=O)N2C. The minimum Gasteiger partial charge on any atom is -0.338 e. The van der Waals surface area contributed by atoms with Gasteiger partial charge in [0.05, 0.1) is 11.3 Å². The molecule has 0 unspecified atom stereocenters. The van der Waals surface area contributed by atoms with Gasteiger partial charge in [-0.1, -0.05) is 50.1 Å². The lowest BCUT2D eigenvalue weighted by molar-refractivity contribution is 0.0990. The molecule has 27 heavy (non-hydrogen) atoms. The summed E-state index contributed by atoms with van der Waals surface area (Å²) in [5.41, 5.74) is 2.25. The molecular weight excluding hydrogens is 358 g/mol. The number of rotatable bonds is 6. The van der Waals surface area contributed by atoms with Gasteiger partial charge in [0.15, 0.2) is 0 Å². The van der Waals surface area contributed by atoms with Crippen molar-refractivity contribution in [2.75, 3.05) is 23.8 Å². The van der Waals surface area contributed by atoms with Crippen LogP contribution in [0.5, 0.6) is 0 Å². The maximum Gasteiger partial charge on any atom is 0.319 e. The molecule has 6 heteroatoms. The maximum absolute atomic E-state index is 12.7. The van der Waals surface area contributed by atoms with E-state index in [1.165, 1.54) is 12.8 Å². The van der Waals surface area contributed by atoms with Crippen molar-refractivity contribution in [3.8, 4) is 0 Å². The zero-order valence-electron chi connectivity index (χ0n) is 15.7. The monoisotopic (exact) mass is 383 g/mol. The Morgan fingerprint density at radius 2 is 1.89 bits per heavy atom. The van der Waals surface area contributed by atoms with Crippen molar-refractivity contribution in [3.63, 3.8) is 0 Å². The summed E-state index contributed by atoms with van der Waals surface area (Å²) in [6, 6.07) is 13.0. The van der Waals surface area contributed by atoms with Crippen LogP contribution in [0.4, 0.5) is 16.2 Å². The van der Waals surface area contributed by atoms with Crippen molar-refractivity contribution in [2.45, 2.75) is 42.4 Å². The van der Waals surface area contributed by atoms with E-state index >= 15 is 0 Å². The number of carbonyl (C=O) groups excluding carboxylic acids is 2. The molecule has 0 saturated carbocycles. The van der Waals surface area contributed by atoms with Crippen LogP contribution in [0, 0.1) is 0 Å². The highest BCUT2D eigenvalue weighted by molar-refractivity contribution is 7.99. The van der Waals surface area contributed by atoms with Crippen molar-refractivity contribution in [3.05, 3.63) is 48.0 Å². The van der Waals surface area contributed by atoms with Crippen LogP contribution < -0.4 is 15.5 Å². The van der Waals surface area contributed by atoms with E-state index in [0.29, 0.717) is 17.8 Å². The molecule has 1 aliphatic heterocycles. The van der Waals surface area contributed by atoms with Crippen LogP contribution >= 0.6 is 11.8 Å². The zero-order chi connectivity index (χ0) is 19.2. The fourth-order valence-electron chi connectivity index (χ4n) is 3.02. The summed E-state index contributed by atoms with van der Waals surface area (Å²) in [6.07, 6.45) is 4.50. The number of hydrogen-bond acceptors (Lipinski definition) is 3. The van der Waals surface area contributed by atoms with E-state index in [1.807, 2.05) is 42.5 Å². The van der Waals surface area contributed by atoms with E-state index in [-0.39, 0.29) is 11.9 Å². The van der Waals surface area contributed by atoms with E-state index in [2.05, 4.69) is 17.6 Å². The van der Waals surface area contributed by atoms with Crippen LogP contribution in [0.15, 0.2) is 52.3 Å². The molecule has 0 aliphatic carbocycles. The molecule has 0 atom stereocenters. The molecule has 0 bridgehead atoms. The molecule has 0 saturated heterocycles. The Kier molecular flexibility index (Phi) is 6.40. The molecule has 0 spiro atoms. The second-order valence-electron chi connectivity index (χ2n) is 6.59. The first kappa shape index (κ1) is 19.3. The smallest absolute Gasteiger partial charge is 0.319 e. The molecule has 2 N–H and O–H groups in total. The summed E-state index contributed by atoms with van der Waals surface area (Å²) < 4.78 is 0. The van der Waals surface area contributed by atoms with Gasteiger partial charge in [-0.25, -0.2) is 4.79 Å². The first-order valence-corrected chi connectivity index (χ1v) is 10.2. The van der Waals surface area contributed by atoms with E-state index in [9.17, 15) is 9.59 Å². The third kappa shape index (κ3) is 4.63. The quantitative estimate of drug-likeness (QED) is 0.680. The molecule has 2 aromatic carbocycles. The third-order valence-corrected chi connectivity index (χ3v) is 5.66. The lowest BCUT2D eigenvalue weighted by Crippen LogP contribution is -2.29. The molecule has 3 rings (SSSR count). The Hall–Kier alpha value is -2.47. The minimum absolute atomic E-state index is 0.0256. The number of urea groups is 1. The van der Waals surface area contributed by atoms with Crippen molar-refractivity contribution < 1.29 is 9.59 Å². The molecule has 3 amide bonds. The van der Waals surface area contributed by atoms with Crippen LogP contribution in [0.3, 0.4) is 0 Å². The fraction of sp³-hybridized carbons (Fsp3) is 0.333. The molecule has 0 fully saturated rings. The fourth-order valence-corrected chi connectivity index (χ4v) is 4.16. The number of nitrogens with zero attached hydrogens (tertiary/aromatic N) is 1. The van der Waals surface area contributed by atoms with Crippen molar-refractivity contribution >= 4 is 35.1 Å². The second kappa shape index (κ2) is 8.95. The Morgan fingerprint density at radius 3 is 2.70 bits per heavy atom. The summed E-state index contributed by atoms with van der Waals surface area (Å²) in [7, 11) is 1.78. The first-order valence-electron chi connectivity index (χ1n) is 9.34. The number of hydrogen-bond donors (Lipinski definition) is 2. The van der Waals surface area contributed by atoms with E-state index < -0.39 is 0 Å². The molecule has 2 aromatic rings. The number of fused-ring (bicyclic) bond motifs is 2. The lowest BCUT2D eigenvalue weighted by atomic mass is 10.2. The van der Waals surface area contributed by atoms with Gasteiger partial charge in [0.1, 0.15) is 0 Å². The van der Waals surface area contributed by atoms with Crippen LogP contribution in [0.25, 0.3) is 0 Å². The van der Waals surface area contributed by atoms with Gasteiger partial charge in [0.25, 0.3) is 5.91 Å². The van der Waals surface area contributed by atoms with Gasteiger partial charge < -0.3 is 15.5 Å². The number of amides is 3. The molecule has 0 aromatic heterocycles. The maximum atomic E-state index is 12.7. The van der Waals surface area contributed by atoms with Gasteiger partial charge in [0.2, 0.25) is 0 Å². The van der Waals surface area contributed by atoms with Crippen molar-refractivity contribution in [2.24, 2.45) is 0 Å². The summed E-state index contributed by atoms with van der Waals surface area (Å²) in [5, 5.41) is 5.78. The summed E-state index contributed by atoms with van der Waals surface area (Å²) in [5.74, 6) is -0.0256. The Bertz CT molecular complexity index is 838. The number of nitrogens with one attached hydrogen (secondary N) is 2. The van der Waals surface area contributed by atoms with Gasteiger partial charge in [-0.05, 0) is 36.8 Å². The molecule has 142 valence electrons. The Balaban J connectivity index is 1.71. The van der Waals surface area contributed by atoms with Crippen LogP contribution in [0.1, 0.15) is 43.0 Å². The molecule has 5 nitrogen and oxygen atoms in total.